The van der Waals surface area contributed by atoms with Crippen LogP contribution in [0.4, 0.5) is 0 Å². The predicted octanol–water partition coefficient (Wildman–Crippen LogP) is 3.32. The van der Waals surface area contributed by atoms with Crippen molar-refractivity contribution in [2.75, 3.05) is 19.7 Å². The van der Waals surface area contributed by atoms with Gasteiger partial charge < -0.3 is 20.5 Å². The van der Waals surface area contributed by atoms with Crippen molar-refractivity contribution in [2.24, 2.45) is 4.99 Å². The minimum absolute atomic E-state index is 0. The van der Waals surface area contributed by atoms with Crippen LogP contribution in [-0.4, -0.2) is 41.9 Å². The average Bonchev–Trinajstić information content (AvgIpc) is 2.68. The van der Waals surface area contributed by atoms with Gasteiger partial charge in [0.2, 0.25) is 5.88 Å². The second-order valence-corrected chi connectivity index (χ2v) is 6.54. The maximum Gasteiger partial charge on any atom is 0.213 e. The molecule has 6 nitrogen and oxygen atoms in total. The number of aliphatic hydroxyl groups is 1. The van der Waals surface area contributed by atoms with Crippen LogP contribution in [0, 0.1) is 0 Å². The molecule has 0 spiro atoms. The molecule has 0 aliphatic carbocycles. The van der Waals surface area contributed by atoms with Crippen molar-refractivity contribution in [2.45, 2.75) is 39.3 Å². The normalized spacial score (nSPS) is 12.2. The fourth-order valence-electron chi connectivity index (χ4n) is 2.56. The Bertz CT molecular complexity index is 693. The van der Waals surface area contributed by atoms with E-state index in [4.69, 9.17) is 4.74 Å². The molecule has 2 aromatic rings. The first-order chi connectivity index (χ1) is 13.1. The molecule has 0 amide bonds. The molecule has 28 heavy (non-hydrogen) atoms. The van der Waals surface area contributed by atoms with E-state index in [0.29, 0.717) is 19.0 Å². The van der Waals surface area contributed by atoms with E-state index in [1.54, 1.807) is 6.20 Å². The standard InChI is InChI=1S/C21H30N4O2.HI/c1-4-22-21(25-14-19(15-26)18-8-6-5-7-9-18)24-13-17-10-11-20(23-12-17)27-16(2)3;/h5-12,16,19,26H,4,13-15H2,1-3H3,(H2,22,24,25);1H. The highest BCUT2D eigenvalue weighted by Crippen LogP contribution is 2.13. The number of benzene rings is 1. The molecule has 7 heteroatoms. The largest absolute Gasteiger partial charge is 0.475 e. The Labute approximate surface area is 184 Å². The Kier molecular flexibility index (Phi) is 11.5. The summed E-state index contributed by atoms with van der Waals surface area (Å²) in [7, 11) is 0. The van der Waals surface area contributed by atoms with E-state index >= 15 is 0 Å². The van der Waals surface area contributed by atoms with Crippen LogP contribution in [0.5, 0.6) is 5.88 Å². The molecule has 0 fully saturated rings. The molecule has 0 radical (unpaired) electrons. The van der Waals surface area contributed by atoms with Gasteiger partial charge >= 0.3 is 0 Å². The van der Waals surface area contributed by atoms with Crippen LogP contribution < -0.4 is 15.4 Å². The lowest BCUT2D eigenvalue weighted by Gasteiger charge is -2.18. The first-order valence-electron chi connectivity index (χ1n) is 9.42. The number of aromatic nitrogens is 1. The Hall–Kier alpha value is -1.87. The summed E-state index contributed by atoms with van der Waals surface area (Å²) in [6.07, 6.45) is 1.89. The highest BCUT2D eigenvalue weighted by atomic mass is 127. The summed E-state index contributed by atoms with van der Waals surface area (Å²) in [6.45, 7) is 7.94. The van der Waals surface area contributed by atoms with Gasteiger partial charge in [0, 0.05) is 31.3 Å². The zero-order valence-electron chi connectivity index (χ0n) is 16.8. The van der Waals surface area contributed by atoms with E-state index in [-0.39, 0.29) is 42.6 Å². The smallest absolute Gasteiger partial charge is 0.213 e. The molecule has 0 saturated heterocycles. The summed E-state index contributed by atoms with van der Waals surface area (Å²) in [5.74, 6) is 1.36. The zero-order chi connectivity index (χ0) is 19.5. The molecule has 1 unspecified atom stereocenters. The van der Waals surface area contributed by atoms with Crippen molar-refractivity contribution in [1.29, 1.82) is 0 Å². The third kappa shape index (κ3) is 8.43. The second kappa shape index (κ2) is 13.3. The van der Waals surface area contributed by atoms with E-state index < -0.39 is 0 Å². The number of hydrogen-bond donors (Lipinski definition) is 3. The van der Waals surface area contributed by atoms with Crippen molar-refractivity contribution in [3.05, 3.63) is 59.8 Å². The number of aliphatic hydroxyl groups excluding tert-OH is 1. The molecule has 154 valence electrons. The number of guanidine groups is 1. The summed E-state index contributed by atoms with van der Waals surface area (Å²) in [5.41, 5.74) is 2.11. The maximum atomic E-state index is 9.70. The fraction of sp³-hybridized carbons (Fsp3) is 0.429. The summed E-state index contributed by atoms with van der Waals surface area (Å²) in [5, 5.41) is 16.2. The van der Waals surface area contributed by atoms with Gasteiger partial charge in [-0.15, -0.1) is 24.0 Å². The third-order valence-electron chi connectivity index (χ3n) is 3.93. The maximum absolute atomic E-state index is 9.70. The van der Waals surface area contributed by atoms with Crippen LogP contribution in [0.3, 0.4) is 0 Å². The second-order valence-electron chi connectivity index (χ2n) is 6.54. The fourth-order valence-corrected chi connectivity index (χ4v) is 2.56. The lowest BCUT2D eigenvalue weighted by atomic mass is 10.0. The summed E-state index contributed by atoms with van der Waals surface area (Å²) in [4.78, 5) is 8.91. The quantitative estimate of drug-likeness (QED) is 0.281. The van der Waals surface area contributed by atoms with E-state index in [9.17, 15) is 5.11 Å². The molecule has 0 aliphatic heterocycles. The molecular formula is C21H31IN4O2. The Balaban J connectivity index is 0.00000392. The molecule has 3 N–H and O–H groups in total. The van der Waals surface area contributed by atoms with Crippen molar-refractivity contribution in [3.8, 4) is 5.88 Å². The molecule has 1 aromatic carbocycles. The molecule has 1 atom stereocenters. The molecule has 0 saturated carbocycles. The van der Waals surface area contributed by atoms with Gasteiger partial charge in [-0.1, -0.05) is 36.4 Å². The van der Waals surface area contributed by atoms with Crippen molar-refractivity contribution in [1.82, 2.24) is 15.6 Å². The third-order valence-corrected chi connectivity index (χ3v) is 3.93. The van der Waals surface area contributed by atoms with Crippen molar-refractivity contribution < 1.29 is 9.84 Å². The van der Waals surface area contributed by atoms with E-state index in [2.05, 4.69) is 20.6 Å². The van der Waals surface area contributed by atoms with Crippen LogP contribution in [0.1, 0.15) is 37.8 Å². The van der Waals surface area contributed by atoms with Crippen molar-refractivity contribution >= 4 is 29.9 Å². The molecule has 0 bridgehead atoms. The summed E-state index contributed by atoms with van der Waals surface area (Å²) >= 11 is 0. The van der Waals surface area contributed by atoms with Gasteiger partial charge in [0.05, 0.1) is 19.3 Å². The van der Waals surface area contributed by atoms with Gasteiger partial charge in [-0.2, -0.15) is 0 Å². The topological polar surface area (TPSA) is 78.8 Å². The molecular weight excluding hydrogens is 467 g/mol. The predicted molar refractivity (Wildman–Crippen MR) is 125 cm³/mol. The highest BCUT2D eigenvalue weighted by Gasteiger charge is 2.10. The average molecular weight is 498 g/mol. The molecule has 1 aromatic heterocycles. The van der Waals surface area contributed by atoms with Crippen LogP contribution in [0.2, 0.25) is 0 Å². The number of halogens is 1. The first kappa shape index (κ1) is 24.2. The Morgan fingerprint density at radius 2 is 1.89 bits per heavy atom. The van der Waals surface area contributed by atoms with Crippen molar-refractivity contribution in [3.63, 3.8) is 0 Å². The van der Waals surface area contributed by atoms with Crippen LogP contribution in [0.15, 0.2) is 53.7 Å². The van der Waals surface area contributed by atoms with E-state index in [1.165, 1.54) is 0 Å². The summed E-state index contributed by atoms with van der Waals surface area (Å²) in [6, 6.07) is 13.8. The minimum Gasteiger partial charge on any atom is -0.475 e. The van der Waals surface area contributed by atoms with E-state index in [0.717, 1.165) is 23.6 Å². The SMILES string of the molecule is CCNC(=NCc1ccc(OC(C)C)nc1)NCC(CO)c1ccccc1.I. The minimum atomic E-state index is 0. The number of hydrogen-bond acceptors (Lipinski definition) is 4. The van der Waals surface area contributed by atoms with Gasteiger partial charge in [-0.3, -0.25) is 0 Å². The van der Waals surface area contributed by atoms with Crippen LogP contribution >= 0.6 is 24.0 Å². The highest BCUT2D eigenvalue weighted by molar-refractivity contribution is 14.0. The van der Waals surface area contributed by atoms with Crippen LogP contribution in [0.25, 0.3) is 0 Å². The number of pyridine rings is 1. The van der Waals surface area contributed by atoms with Gasteiger partial charge in [-0.25, -0.2) is 9.98 Å². The molecule has 0 aliphatic rings. The summed E-state index contributed by atoms with van der Waals surface area (Å²) < 4.78 is 5.56. The van der Waals surface area contributed by atoms with Gasteiger partial charge in [0.25, 0.3) is 0 Å². The Morgan fingerprint density at radius 1 is 1.14 bits per heavy atom. The number of aliphatic imine (C=N–C) groups is 1. The molecule has 2 rings (SSSR count). The zero-order valence-corrected chi connectivity index (χ0v) is 19.1. The number of ether oxygens (including phenoxy) is 1. The number of rotatable bonds is 9. The monoisotopic (exact) mass is 498 g/mol. The first-order valence-corrected chi connectivity index (χ1v) is 9.42. The van der Waals surface area contributed by atoms with Gasteiger partial charge in [0.15, 0.2) is 5.96 Å². The number of nitrogens with one attached hydrogen (secondary N) is 2. The van der Waals surface area contributed by atoms with Crippen LogP contribution in [-0.2, 0) is 6.54 Å². The lowest BCUT2D eigenvalue weighted by Crippen LogP contribution is -2.39. The lowest BCUT2D eigenvalue weighted by molar-refractivity contribution is 0.232. The van der Waals surface area contributed by atoms with E-state index in [1.807, 2.05) is 63.2 Å². The number of nitrogens with zero attached hydrogens (tertiary/aromatic N) is 2. The molecule has 1 heterocycles. The Morgan fingerprint density at radius 3 is 2.46 bits per heavy atom. The van der Waals surface area contributed by atoms with Gasteiger partial charge in [0.1, 0.15) is 0 Å². The van der Waals surface area contributed by atoms with Gasteiger partial charge in [-0.05, 0) is 31.9 Å².